The van der Waals surface area contributed by atoms with Gasteiger partial charge in [-0.3, -0.25) is 9.59 Å². The number of hydrogen-bond donors (Lipinski definition) is 1. The van der Waals surface area contributed by atoms with Gasteiger partial charge >= 0.3 is 5.97 Å². The quantitative estimate of drug-likeness (QED) is 0.665. The molecule has 0 aliphatic carbocycles. The Morgan fingerprint density at radius 2 is 1.68 bits per heavy atom. The molecule has 1 N–H and O–H groups in total. The summed E-state index contributed by atoms with van der Waals surface area (Å²) >= 11 is 0. The fourth-order valence-electron chi connectivity index (χ4n) is 2.75. The zero-order chi connectivity index (χ0) is 20.1. The van der Waals surface area contributed by atoms with E-state index in [1.165, 1.54) is 4.68 Å². The molecule has 2 aromatic carbocycles. The second-order valence-corrected chi connectivity index (χ2v) is 6.58. The Balaban J connectivity index is 1.73. The van der Waals surface area contributed by atoms with E-state index >= 15 is 0 Å². The number of nitrogens with zero attached hydrogens (tertiary/aromatic N) is 2. The fraction of sp³-hybridized carbons (Fsp3) is 0.238. The second-order valence-electron chi connectivity index (χ2n) is 6.58. The molecule has 0 atom stereocenters. The average molecular weight is 379 g/mol. The van der Waals surface area contributed by atoms with Crippen LogP contribution >= 0.6 is 0 Å². The molecule has 0 bridgehead atoms. The van der Waals surface area contributed by atoms with Crippen LogP contribution in [0.25, 0.3) is 10.8 Å². The van der Waals surface area contributed by atoms with Crippen LogP contribution in [0, 0.1) is 0 Å². The van der Waals surface area contributed by atoms with Crippen molar-refractivity contribution in [2.45, 2.75) is 26.4 Å². The molecule has 0 aliphatic rings. The van der Waals surface area contributed by atoms with Crippen LogP contribution in [0.3, 0.4) is 0 Å². The van der Waals surface area contributed by atoms with Crippen LogP contribution in [0.5, 0.6) is 0 Å². The highest BCUT2D eigenvalue weighted by atomic mass is 16.5. The molecule has 3 aromatic rings. The van der Waals surface area contributed by atoms with Crippen molar-refractivity contribution >= 4 is 22.6 Å². The number of benzene rings is 2. The molecule has 1 amide bonds. The topological polar surface area (TPSA) is 90.3 Å². The van der Waals surface area contributed by atoms with Gasteiger partial charge in [-0.25, -0.2) is 9.48 Å². The minimum absolute atomic E-state index is 0.0137. The molecule has 0 fully saturated rings. The zero-order valence-electron chi connectivity index (χ0n) is 15.7. The third-order valence-electron chi connectivity index (χ3n) is 4.18. The first kappa shape index (κ1) is 19.3. The number of aromatic nitrogens is 2. The van der Waals surface area contributed by atoms with E-state index in [2.05, 4.69) is 10.4 Å². The van der Waals surface area contributed by atoms with E-state index in [1.54, 1.807) is 38.1 Å². The van der Waals surface area contributed by atoms with Crippen LogP contribution in [0.15, 0.2) is 59.4 Å². The van der Waals surface area contributed by atoms with Gasteiger partial charge in [0.2, 0.25) is 0 Å². The summed E-state index contributed by atoms with van der Waals surface area (Å²) in [7, 11) is 0. The summed E-state index contributed by atoms with van der Waals surface area (Å²) in [6.45, 7) is 3.52. The van der Waals surface area contributed by atoms with Gasteiger partial charge in [0, 0.05) is 11.9 Å². The van der Waals surface area contributed by atoms with Crippen molar-refractivity contribution in [2.24, 2.45) is 0 Å². The molecule has 0 saturated heterocycles. The number of hydrogen-bond acceptors (Lipinski definition) is 5. The minimum atomic E-state index is -0.750. The van der Waals surface area contributed by atoms with E-state index < -0.39 is 18.5 Å². The van der Waals surface area contributed by atoms with Crippen molar-refractivity contribution in [2.75, 3.05) is 6.61 Å². The Morgan fingerprint density at radius 3 is 2.36 bits per heavy atom. The highest BCUT2D eigenvalue weighted by Gasteiger charge is 2.19. The molecular formula is C21H21N3O4. The van der Waals surface area contributed by atoms with Crippen molar-refractivity contribution in [3.8, 4) is 0 Å². The van der Waals surface area contributed by atoms with E-state index in [4.69, 9.17) is 4.74 Å². The van der Waals surface area contributed by atoms with Gasteiger partial charge in [0.05, 0.1) is 11.4 Å². The molecule has 0 radical (unpaired) electrons. The van der Waals surface area contributed by atoms with Crippen molar-refractivity contribution in [1.82, 2.24) is 15.1 Å². The van der Waals surface area contributed by atoms with Crippen LogP contribution in [0.4, 0.5) is 0 Å². The summed E-state index contributed by atoms with van der Waals surface area (Å²) in [5, 5.41) is 7.64. The number of carbonyl (C=O) groups excluding carboxylic acids is 2. The lowest BCUT2D eigenvalue weighted by atomic mass is 10.1. The van der Waals surface area contributed by atoms with Crippen molar-refractivity contribution in [3.05, 3.63) is 76.2 Å². The summed E-state index contributed by atoms with van der Waals surface area (Å²) in [6.07, 6.45) is 0. The molecule has 3 rings (SSSR count). The first-order valence-electron chi connectivity index (χ1n) is 8.96. The molecule has 0 spiro atoms. The van der Waals surface area contributed by atoms with Crippen molar-refractivity contribution < 1.29 is 14.3 Å². The van der Waals surface area contributed by atoms with E-state index in [1.807, 2.05) is 30.3 Å². The molecule has 7 nitrogen and oxygen atoms in total. The monoisotopic (exact) mass is 379 g/mol. The number of carbonyl (C=O) groups is 2. The lowest BCUT2D eigenvalue weighted by Crippen LogP contribution is -2.30. The number of amides is 1. The SMILES string of the molecule is CC(C)n1nc(C(=O)OCC(=O)NCc2ccccc2)c2ccccc2c1=O. The number of nitrogens with one attached hydrogen (secondary N) is 1. The van der Waals surface area contributed by atoms with E-state index in [9.17, 15) is 14.4 Å². The van der Waals surface area contributed by atoms with Gasteiger partial charge in [-0.1, -0.05) is 48.5 Å². The molecular weight excluding hydrogens is 358 g/mol. The molecule has 28 heavy (non-hydrogen) atoms. The van der Waals surface area contributed by atoms with Gasteiger partial charge in [0.15, 0.2) is 12.3 Å². The molecule has 7 heteroatoms. The molecule has 0 aliphatic heterocycles. The van der Waals surface area contributed by atoms with Crippen LogP contribution in [-0.2, 0) is 16.1 Å². The Labute approximate surface area is 161 Å². The lowest BCUT2D eigenvalue weighted by molar-refractivity contribution is -0.124. The number of esters is 1. The van der Waals surface area contributed by atoms with Gasteiger partial charge in [-0.2, -0.15) is 5.10 Å². The third kappa shape index (κ3) is 4.25. The highest BCUT2D eigenvalue weighted by molar-refractivity contribution is 6.02. The van der Waals surface area contributed by atoms with Gasteiger partial charge in [0.1, 0.15) is 0 Å². The van der Waals surface area contributed by atoms with Gasteiger partial charge in [0.25, 0.3) is 11.5 Å². The Kier molecular flexibility index (Phi) is 5.84. The zero-order valence-corrected chi connectivity index (χ0v) is 15.7. The third-order valence-corrected chi connectivity index (χ3v) is 4.18. The fourth-order valence-corrected chi connectivity index (χ4v) is 2.75. The molecule has 1 heterocycles. The maximum Gasteiger partial charge on any atom is 0.359 e. The maximum atomic E-state index is 12.5. The summed E-state index contributed by atoms with van der Waals surface area (Å²) in [5.74, 6) is -1.17. The smallest absolute Gasteiger partial charge is 0.359 e. The largest absolute Gasteiger partial charge is 0.451 e. The molecule has 1 aromatic heterocycles. The summed E-state index contributed by atoms with van der Waals surface area (Å²) in [5.41, 5.74) is 0.682. The van der Waals surface area contributed by atoms with E-state index in [0.717, 1.165) is 5.56 Å². The van der Waals surface area contributed by atoms with E-state index in [0.29, 0.717) is 17.3 Å². The Bertz CT molecular complexity index is 1060. The minimum Gasteiger partial charge on any atom is -0.451 e. The highest BCUT2D eigenvalue weighted by Crippen LogP contribution is 2.15. The Hall–Kier alpha value is -3.48. The lowest BCUT2D eigenvalue weighted by Gasteiger charge is -2.13. The van der Waals surface area contributed by atoms with Crippen molar-refractivity contribution in [1.29, 1.82) is 0 Å². The maximum absolute atomic E-state index is 12.5. The average Bonchev–Trinajstić information content (AvgIpc) is 2.71. The van der Waals surface area contributed by atoms with Gasteiger partial charge in [-0.05, 0) is 25.5 Å². The molecule has 0 saturated carbocycles. The summed E-state index contributed by atoms with van der Waals surface area (Å²) in [4.78, 5) is 37.0. The van der Waals surface area contributed by atoms with Gasteiger partial charge < -0.3 is 10.1 Å². The molecule has 144 valence electrons. The van der Waals surface area contributed by atoms with Gasteiger partial charge in [-0.15, -0.1) is 0 Å². The predicted molar refractivity (Wildman–Crippen MR) is 105 cm³/mol. The second kappa shape index (κ2) is 8.47. The van der Waals surface area contributed by atoms with Crippen LogP contribution < -0.4 is 10.9 Å². The number of ether oxygens (including phenoxy) is 1. The standard InChI is InChI=1S/C21H21N3O4/c1-14(2)24-20(26)17-11-7-6-10-16(17)19(23-24)21(27)28-13-18(25)22-12-15-8-4-3-5-9-15/h3-11,14H,12-13H2,1-2H3,(H,22,25). The van der Waals surface area contributed by atoms with Crippen LogP contribution in [0.1, 0.15) is 35.9 Å². The first-order valence-corrected chi connectivity index (χ1v) is 8.96. The van der Waals surface area contributed by atoms with Crippen LogP contribution in [-0.4, -0.2) is 28.3 Å². The summed E-state index contributed by atoms with van der Waals surface area (Å²) < 4.78 is 6.38. The summed E-state index contributed by atoms with van der Waals surface area (Å²) in [6, 6.07) is 15.9. The van der Waals surface area contributed by atoms with Crippen molar-refractivity contribution in [3.63, 3.8) is 0 Å². The van der Waals surface area contributed by atoms with E-state index in [-0.39, 0.29) is 17.3 Å². The predicted octanol–water partition coefficient (Wildman–Crippen LogP) is 2.45. The molecule has 0 unspecified atom stereocenters. The first-order chi connectivity index (χ1) is 13.5. The Morgan fingerprint density at radius 1 is 1.04 bits per heavy atom. The number of fused-ring (bicyclic) bond motifs is 1. The normalized spacial score (nSPS) is 10.8. The van der Waals surface area contributed by atoms with Crippen LogP contribution in [0.2, 0.25) is 0 Å². The number of rotatable bonds is 6.